The van der Waals surface area contributed by atoms with Gasteiger partial charge in [0, 0.05) is 26.6 Å². The van der Waals surface area contributed by atoms with Gasteiger partial charge in [-0.2, -0.15) is 0 Å². The number of rotatable bonds is 3. The highest BCUT2D eigenvalue weighted by atomic mass is 16.2. The van der Waals surface area contributed by atoms with E-state index in [9.17, 15) is 4.79 Å². The lowest BCUT2D eigenvalue weighted by Gasteiger charge is -2.23. The maximum atomic E-state index is 11.3. The first-order valence-electron chi connectivity index (χ1n) is 5.13. The summed E-state index contributed by atoms with van der Waals surface area (Å²) in [6, 6.07) is 0.581. The fourth-order valence-electron chi connectivity index (χ4n) is 1.69. The molecule has 0 aromatic rings. The molecule has 1 N–H and O–H groups in total. The quantitative estimate of drug-likeness (QED) is 0.709. The Kier molecular flexibility index (Phi) is 4.22. The van der Waals surface area contributed by atoms with Gasteiger partial charge in [0.15, 0.2) is 0 Å². The number of nitrogens with one attached hydrogen (secondary N) is 1. The first-order chi connectivity index (χ1) is 6.20. The average molecular weight is 184 g/mol. The fourth-order valence-corrected chi connectivity index (χ4v) is 1.69. The van der Waals surface area contributed by atoms with Crippen molar-refractivity contribution < 1.29 is 4.79 Å². The van der Waals surface area contributed by atoms with Crippen molar-refractivity contribution in [2.24, 2.45) is 0 Å². The lowest BCUT2D eigenvalue weighted by molar-refractivity contribution is -0.128. The Balaban J connectivity index is 2.13. The third-order valence-electron chi connectivity index (χ3n) is 2.62. The Labute approximate surface area is 80.5 Å². The molecule has 76 valence electrons. The smallest absolute Gasteiger partial charge is 0.222 e. The van der Waals surface area contributed by atoms with Crippen LogP contribution in [0.5, 0.6) is 0 Å². The zero-order chi connectivity index (χ0) is 9.68. The van der Waals surface area contributed by atoms with Crippen LogP contribution in [0.3, 0.4) is 0 Å². The van der Waals surface area contributed by atoms with Gasteiger partial charge in [-0.25, -0.2) is 0 Å². The van der Waals surface area contributed by atoms with Crippen LogP contribution in [0, 0.1) is 0 Å². The molecule has 1 aliphatic heterocycles. The van der Waals surface area contributed by atoms with Crippen LogP contribution >= 0.6 is 0 Å². The van der Waals surface area contributed by atoms with Crippen molar-refractivity contribution in [3.8, 4) is 0 Å². The molecule has 0 radical (unpaired) electrons. The standard InChI is InChI=1S/C10H20N2O/c1-12(2)10(13)7-6-9-5-3-4-8-11-9/h9,11H,3-8H2,1-2H3/t9-/m1/s1. The van der Waals surface area contributed by atoms with Gasteiger partial charge in [0.2, 0.25) is 5.91 Å². The minimum atomic E-state index is 0.243. The molecular formula is C10H20N2O. The van der Waals surface area contributed by atoms with E-state index in [1.165, 1.54) is 19.3 Å². The summed E-state index contributed by atoms with van der Waals surface area (Å²) in [5.41, 5.74) is 0. The number of carbonyl (C=O) groups excluding carboxylic acids is 1. The first kappa shape index (κ1) is 10.5. The number of carbonyl (C=O) groups is 1. The van der Waals surface area contributed by atoms with E-state index >= 15 is 0 Å². The van der Waals surface area contributed by atoms with Crippen molar-refractivity contribution in [1.82, 2.24) is 10.2 Å². The zero-order valence-electron chi connectivity index (χ0n) is 8.68. The highest BCUT2D eigenvalue weighted by Crippen LogP contribution is 2.11. The van der Waals surface area contributed by atoms with Gasteiger partial charge in [-0.15, -0.1) is 0 Å². The number of nitrogens with zero attached hydrogens (tertiary/aromatic N) is 1. The number of hydrogen-bond donors (Lipinski definition) is 1. The average Bonchev–Trinajstić information content (AvgIpc) is 2.15. The fraction of sp³-hybridized carbons (Fsp3) is 0.900. The van der Waals surface area contributed by atoms with E-state index in [0.29, 0.717) is 12.5 Å². The van der Waals surface area contributed by atoms with Crippen LogP contribution in [0.15, 0.2) is 0 Å². The summed E-state index contributed by atoms with van der Waals surface area (Å²) >= 11 is 0. The van der Waals surface area contributed by atoms with Crippen LogP contribution in [0.1, 0.15) is 32.1 Å². The second-order valence-electron chi connectivity index (χ2n) is 3.97. The first-order valence-corrected chi connectivity index (χ1v) is 5.13. The zero-order valence-corrected chi connectivity index (χ0v) is 8.68. The summed E-state index contributed by atoms with van der Waals surface area (Å²) in [5.74, 6) is 0.243. The number of hydrogen-bond acceptors (Lipinski definition) is 2. The van der Waals surface area contributed by atoms with Crippen LogP contribution < -0.4 is 5.32 Å². The van der Waals surface area contributed by atoms with Crippen LogP contribution in [0.2, 0.25) is 0 Å². The molecule has 3 heteroatoms. The molecule has 1 rings (SSSR count). The van der Waals surface area contributed by atoms with Gasteiger partial charge < -0.3 is 10.2 Å². The lowest BCUT2D eigenvalue weighted by atomic mass is 10.0. The third-order valence-corrected chi connectivity index (χ3v) is 2.62. The van der Waals surface area contributed by atoms with E-state index in [0.717, 1.165) is 13.0 Å². The van der Waals surface area contributed by atoms with Crippen molar-refractivity contribution in [3.05, 3.63) is 0 Å². The molecule has 1 saturated heterocycles. The molecule has 0 aromatic heterocycles. The molecule has 1 aliphatic rings. The Morgan fingerprint density at radius 2 is 2.23 bits per heavy atom. The largest absolute Gasteiger partial charge is 0.349 e. The molecule has 1 amide bonds. The van der Waals surface area contributed by atoms with Crippen molar-refractivity contribution in [3.63, 3.8) is 0 Å². The van der Waals surface area contributed by atoms with Crippen molar-refractivity contribution in [1.29, 1.82) is 0 Å². The summed E-state index contributed by atoms with van der Waals surface area (Å²) in [5, 5.41) is 3.44. The third kappa shape index (κ3) is 3.77. The van der Waals surface area contributed by atoms with Gasteiger partial charge in [-0.05, 0) is 25.8 Å². The van der Waals surface area contributed by atoms with E-state index in [-0.39, 0.29) is 5.91 Å². The van der Waals surface area contributed by atoms with Gasteiger partial charge in [0.25, 0.3) is 0 Å². The van der Waals surface area contributed by atoms with E-state index < -0.39 is 0 Å². The van der Waals surface area contributed by atoms with Crippen LogP contribution in [-0.4, -0.2) is 37.5 Å². The maximum absolute atomic E-state index is 11.3. The summed E-state index contributed by atoms with van der Waals surface area (Å²) in [7, 11) is 3.63. The molecule has 13 heavy (non-hydrogen) atoms. The molecule has 1 fully saturated rings. The van der Waals surface area contributed by atoms with Crippen molar-refractivity contribution in [2.75, 3.05) is 20.6 Å². The lowest BCUT2D eigenvalue weighted by Crippen LogP contribution is -2.35. The summed E-state index contributed by atoms with van der Waals surface area (Å²) < 4.78 is 0. The number of amides is 1. The second-order valence-corrected chi connectivity index (χ2v) is 3.97. The normalized spacial score (nSPS) is 22.8. The van der Waals surface area contributed by atoms with Crippen LogP contribution in [0.25, 0.3) is 0 Å². The SMILES string of the molecule is CN(C)C(=O)CC[C@H]1CCCCN1. The predicted molar refractivity (Wildman–Crippen MR) is 53.6 cm³/mol. The minimum Gasteiger partial charge on any atom is -0.349 e. The van der Waals surface area contributed by atoms with E-state index in [1.807, 2.05) is 14.1 Å². The predicted octanol–water partition coefficient (Wildman–Crippen LogP) is 0.997. The molecule has 0 aliphatic carbocycles. The molecule has 1 atom stereocenters. The van der Waals surface area contributed by atoms with Crippen molar-refractivity contribution >= 4 is 5.91 Å². The van der Waals surface area contributed by atoms with Crippen LogP contribution in [-0.2, 0) is 4.79 Å². The Hall–Kier alpha value is -0.570. The van der Waals surface area contributed by atoms with Gasteiger partial charge in [0.05, 0.1) is 0 Å². The molecule has 0 unspecified atom stereocenters. The highest BCUT2D eigenvalue weighted by Gasteiger charge is 2.14. The maximum Gasteiger partial charge on any atom is 0.222 e. The number of piperidine rings is 1. The molecule has 0 saturated carbocycles. The molecule has 0 bridgehead atoms. The van der Waals surface area contributed by atoms with Crippen LogP contribution in [0.4, 0.5) is 0 Å². The second kappa shape index (κ2) is 5.22. The molecule has 3 nitrogen and oxygen atoms in total. The monoisotopic (exact) mass is 184 g/mol. The molecule has 0 spiro atoms. The summed E-state index contributed by atoms with van der Waals surface area (Å²) in [6.07, 6.45) is 5.52. The van der Waals surface area contributed by atoms with Gasteiger partial charge in [-0.3, -0.25) is 4.79 Å². The van der Waals surface area contributed by atoms with E-state index in [4.69, 9.17) is 0 Å². The molecule has 0 aromatic carbocycles. The highest BCUT2D eigenvalue weighted by molar-refractivity contribution is 5.75. The minimum absolute atomic E-state index is 0.243. The van der Waals surface area contributed by atoms with Gasteiger partial charge in [0.1, 0.15) is 0 Å². The summed E-state index contributed by atoms with van der Waals surface area (Å²) in [4.78, 5) is 13.0. The van der Waals surface area contributed by atoms with Crippen molar-refractivity contribution in [2.45, 2.75) is 38.1 Å². The van der Waals surface area contributed by atoms with E-state index in [1.54, 1.807) is 4.90 Å². The summed E-state index contributed by atoms with van der Waals surface area (Å²) in [6.45, 7) is 1.13. The topological polar surface area (TPSA) is 32.3 Å². The Morgan fingerprint density at radius 1 is 1.46 bits per heavy atom. The van der Waals surface area contributed by atoms with Gasteiger partial charge >= 0.3 is 0 Å². The Morgan fingerprint density at radius 3 is 2.77 bits per heavy atom. The molecular weight excluding hydrogens is 164 g/mol. The Bertz CT molecular complexity index is 162. The van der Waals surface area contributed by atoms with E-state index in [2.05, 4.69) is 5.32 Å². The van der Waals surface area contributed by atoms with Gasteiger partial charge in [-0.1, -0.05) is 6.42 Å². The molecule has 1 heterocycles.